The van der Waals surface area contributed by atoms with Crippen LogP contribution in [-0.4, -0.2) is 28.2 Å². The molecule has 1 fully saturated rings. The third-order valence-corrected chi connectivity index (χ3v) is 4.37. The summed E-state index contributed by atoms with van der Waals surface area (Å²) in [4.78, 5) is 34.7. The Balaban J connectivity index is 2.21. The standard InChI is InChI=1S/C14H13N3O4S/c1-9(18)22-8-10-4-14(19)16(7-10)13-3-2-12(17(20)21)5-11(13)6-15/h2-3,5,10H,4,7-8H2,1H3. The highest BCUT2D eigenvalue weighted by Crippen LogP contribution is 2.31. The summed E-state index contributed by atoms with van der Waals surface area (Å²) in [5.41, 5.74) is 0.298. The van der Waals surface area contributed by atoms with Crippen LogP contribution in [0.5, 0.6) is 0 Å². The van der Waals surface area contributed by atoms with E-state index in [1.54, 1.807) is 0 Å². The van der Waals surface area contributed by atoms with Crippen LogP contribution in [-0.2, 0) is 9.59 Å². The molecule has 2 rings (SSSR count). The molecule has 0 saturated carbocycles. The van der Waals surface area contributed by atoms with E-state index in [-0.39, 0.29) is 28.2 Å². The molecule has 22 heavy (non-hydrogen) atoms. The molecule has 7 nitrogen and oxygen atoms in total. The van der Waals surface area contributed by atoms with Crippen molar-refractivity contribution >= 4 is 34.2 Å². The summed E-state index contributed by atoms with van der Waals surface area (Å²) < 4.78 is 0. The number of hydrogen-bond acceptors (Lipinski definition) is 6. The fourth-order valence-corrected chi connectivity index (χ4v) is 3.02. The van der Waals surface area contributed by atoms with Crippen LogP contribution < -0.4 is 4.90 Å². The number of anilines is 1. The maximum Gasteiger partial charge on any atom is 0.270 e. The molecule has 0 aromatic heterocycles. The molecule has 0 bridgehead atoms. The number of hydrogen-bond donors (Lipinski definition) is 0. The van der Waals surface area contributed by atoms with Gasteiger partial charge in [0.1, 0.15) is 6.07 Å². The second-order valence-corrected chi connectivity index (χ2v) is 6.14. The number of rotatable bonds is 4. The Labute approximate surface area is 131 Å². The van der Waals surface area contributed by atoms with Gasteiger partial charge in [0.05, 0.1) is 16.2 Å². The summed E-state index contributed by atoms with van der Waals surface area (Å²) >= 11 is 1.17. The zero-order valence-corrected chi connectivity index (χ0v) is 12.6. The number of carbonyl (C=O) groups is 2. The number of benzene rings is 1. The van der Waals surface area contributed by atoms with Crippen molar-refractivity contribution < 1.29 is 14.5 Å². The molecule has 0 radical (unpaired) electrons. The van der Waals surface area contributed by atoms with Crippen LogP contribution in [0.4, 0.5) is 11.4 Å². The van der Waals surface area contributed by atoms with Crippen molar-refractivity contribution in [3.8, 4) is 6.07 Å². The molecular weight excluding hydrogens is 306 g/mol. The molecular formula is C14H13N3O4S. The monoisotopic (exact) mass is 319 g/mol. The van der Waals surface area contributed by atoms with E-state index in [0.29, 0.717) is 24.4 Å². The molecule has 1 aliphatic heterocycles. The third-order valence-electron chi connectivity index (χ3n) is 3.33. The highest BCUT2D eigenvalue weighted by atomic mass is 32.2. The lowest BCUT2D eigenvalue weighted by molar-refractivity contribution is -0.384. The summed E-state index contributed by atoms with van der Waals surface area (Å²) in [6.07, 6.45) is 0.308. The number of nitro benzene ring substituents is 1. The summed E-state index contributed by atoms with van der Waals surface area (Å²) in [6, 6.07) is 5.77. The van der Waals surface area contributed by atoms with Gasteiger partial charge in [-0.25, -0.2) is 0 Å². The highest BCUT2D eigenvalue weighted by molar-refractivity contribution is 8.13. The van der Waals surface area contributed by atoms with Crippen molar-refractivity contribution in [3.63, 3.8) is 0 Å². The zero-order valence-electron chi connectivity index (χ0n) is 11.8. The number of nitro groups is 1. The van der Waals surface area contributed by atoms with Gasteiger partial charge in [0.15, 0.2) is 5.12 Å². The third kappa shape index (κ3) is 3.43. The number of nitriles is 1. The number of nitrogens with zero attached hydrogens (tertiary/aromatic N) is 3. The molecule has 1 aromatic carbocycles. The highest BCUT2D eigenvalue weighted by Gasteiger charge is 2.32. The minimum atomic E-state index is -0.581. The van der Waals surface area contributed by atoms with Crippen molar-refractivity contribution in [2.75, 3.05) is 17.2 Å². The molecule has 1 amide bonds. The largest absolute Gasteiger partial charge is 0.311 e. The van der Waals surface area contributed by atoms with Gasteiger partial charge in [0, 0.05) is 37.8 Å². The summed E-state index contributed by atoms with van der Waals surface area (Å²) in [7, 11) is 0. The lowest BCUT2D eigenvalue weighted by atomic mass is 10.1. The molecule has 1 saturated heterocycles. The van der Waals surface area contributed by atoms with Gasteiger partial charge in [-0.2, -0.15) is 5.26 Å². The maximum absolute atomic E-state index is 12.1. The van der Waals surface area contributed by atoms with Gasteiger partial charge in [-0.05, 0) is 12.0 Å². The summed E-state index contributed by atoms with van der Waals surface area (Å²) in [5, 5.41) is 19.9. The molecule has 8 heteroatoms. The van der Waals surface area contributed by atoms with E-state index in [2.05, 4.69) is 0 Å². The van der Waals surface area contributed by atoms with E-state index < -0.39 is 4.92 Å². The average molecular weight is 319 g/mol. The number of non-ortho nitro benzene ring substituents is 1. The first-order chi connectivity index (χ1) is 10.4. The predicted molar refractivity (Wildman–Crippen MR) is 81.4 cm³/mol. The van der Waals surface area contributed by atoms with Crippen molar-refractivity contribution in [3.05, 3.63) is 33.9 Å². The van der Waals surface area contributed by atoms with Gasteiger partial charge in [0.25, 0.3) is 5.69 Å². The van der Waals surface area contributed by atoms with Crippen LogP contribution in [0, 0.1) is 27.4 Å². The predicted octanol–water partition coefficient (Wildman–Crippen LogP) is 2.10. The Hall–Kier alpha value is -2.40. The van der Waals surface area contributed by atoms with Crippen molar-refractivity contribution in [2.24, 2.45) is 5.92 Å². The molecule has 1 aromatic rings. The molecule has 1 heterocycles. The fraction of sp³-hybridized carbons (Fsp3) is 0.357. The first kappa shape index (κ1) is 16.0. The second kappa shape index (κ2) is 6.58. The average Bonchev–Trinajstić information content (AvgIpc) is 2.85. The van der Waals surface area contributed by atoms with Crippen LogP contribution in [0.25, 0.3) is 0 Å². The Morgan fingerprint density at radius 2 is 2.32 bits per heavy atom. The van der Waals surface area contributed by atoms with Crippen LogP contribution in [0.1, 0.15) is 18.9 Å². The second-order valence-electron chi connectivity index (χ2n) is 4.95. The lowest BCUT2D eigenvalue weighted by Crippen LogP contribution is -2.25. The topological polar surface area (TPSA) is 104 Å². The van der Waals surface area contributed by atoms with Gasteiger partial charge in [0.2, 0.25) is 5.91 Å². The van der Waals surface area contributed by atoms with Crippen LogP contribution in [0.2, 0.25) is 0 Å². The van der Waals surface area contributed by atoms with Gasteiger partial charge in [-0.15, -0.1) is 0 Å². The number of amides is 1. The number of carbonyl (C=O) groups excluding carboxylic acids is 2. The SMILES string of the molecule is CC(=O)SCC1CC(=O)N(c2ccc([N+](=O)[O-])cc2C#N)C1. The molecule has 0 aliphatic carbocycles. The first-order valence-electron chi connectivity index (χ1n) is 6.54. The Morgan fingerprint density at radius 1 is 1.59 bits per heavy atom. The Bertz CT molecular complexity index is 683. The van der Waals surface area contributed by atoms with Crippen molar-refractivity contribution in [2.45, 2.75) is 13.3 Å². The van der Waals surface area contributed by atoms with Crippen LogP contribution in [0.15, 0.2) is 18.2 Å². The van der Waals surface area contributed by atoms with E-state index >= 15 is 0 Å². The first-order valence-corrected chi connectivity index (χ1v) is 7.53. The fourth-order valence-electron chi connectivity index (χ4n) is 2.32. The Kier molecular flexibility index (Phi) is 4.78. The smallest absolute Gasteiger partial charge is 0.270 e. The van der Waals surface area contributed by atoms with E-state index in [9.17, 15) is 19.7 Å². The molecule has 114 valence electrons. The van der Waals surface area contributed by atoms with Crippen LogP contribution in [0.3, 0.4) is 0 Å². The van der Waals surface area contributed by atoms with Gasteiger partial charge in [-0.3, -0.25) is 19.7 Å². The van der Waals surface area contributed by atoms with Gasteiger partial charge >= 0.3 is 0 Å². The van der Waals surface area contributed by atoms with E-state index in [0.717, 1.165) is 0 Å². The molecule has 0 N–H and O–H groups in total. The molecule has 0 spiro atoms. The van der Waals surface area contributed by atoms with Crippen molar-refractivity contribution in [1.82, 2.24) is 0 Å². The van der Waals surface area contributed by atoms with Crippen LogP contribution >= 0.6 is 11.8 Å². The Morgan fingerprint density at radius 3 is 2.91 bits per heavy atom. The maximum atomic E-state index is 12.1. The summed E-state index contributed by atoms with van der Waals surface area (Å²) in [6.45, 7) is 1.88. The minimum Gasteiger partial charge on any atom is -0.311 e. The van der Waals surface area contributed by atoms with Crippen molar-refractivity contribution in [1.29, 1.82) is 5.26 Å². The number of thioether (sulfide) groups is 1. The van der Waals surface area contributed by atoms with Gasteiger partial charge in [-0.1, -0.05) is 11.8 Å². The van der Waals surface area contributed by atoms with Gasteiger partial charge < -0.3 is 4.90 Å². The molecule has 1 atom stereocenters. The van der Waals surface area contributed by atoms with E-state index in [1.165, 1.54) is 41.8 Å². The summed E-state index contributed by atoms with van der Waals surface area (Å²) in [5.74, 6) is 0.439. The zero-order chi connectivity index (χ0) is 16.3. The quantitative estimate of drug-likeness (QED) is 0.621. The minimum absolute atomic E-state index is 0.000973. The molecule has 1 aliphatic rings. The molecule has 1 unspecified atom stereocenters. The lowest BCUT2D eigenvalue weighted by Gasteiger charge is -2.17. The normalized spacial score (nSPS) is 17.4. The van der Waals surface area contributed by atoms with E-state index in [1.807, 2.05) is 6.07 Å². The van der Waals surface area contributed by atoms with E-state index in [4.69, 9.17) is 5.26 Å².